The molecule has 0 radical (unpaired) electrons. The number of Topliss-reactive ketones (excluding diaryl/α,β-unsaturated/α-hetero) is 1. The Bertz CT molecular complexity index is 230. The van der Waals surface area contributed by atoms with Crippen molar-refractivity contribution in [2.24, 2.45) is 5.11 Å². The number of hydrogen-bond acceptors (Lipinski definition) is 3. The van der Waals surface area contributed by atoms with Gasteiger partial charge in [-0.1, -0.05) is 5.11 Å². The number of aliphatic carboxylic acids is 1. The molecule has 0 saturated heterocycles. The molecule has 0 aromatic rings. The van der Waals surface area contributed by atoms with E-state index < -0.39 is 12.0 Å². The SMILES string of the molecule is CC(=O)CCC(N=[N+]=[N-])C(=O)O. The summed E-state index contributed by atoms with van der Waals surface area (Å²) in [6.07, 6.45) is 0.185. The van der Waals surface area contributed by atoms with Crippen molar-refractivity contribution in [3.05, 3.63) is 10.4 Å². The third-order valence-electron chi connectivity index (χ3n) is 1.25. The molecule has 0 amide bonds. The van der Waals surface area contributed by atoms with Crippen LogP contribution in [0.25, 0.3) is 10.4 Å². The van der Waals surface area contributed by atoms with E-state index >= 15 is 0 Å². The van der Waals surface area contributed by atoms with Crippen molar-refractivity contribution < 1.29 is 14.7 Å². The average molecular weight is 171 g/mol. The number of hydrogen-bond donors (Lipinski definition) is 1. The van der Waals surface area contributed by atoms with Gasteiger partial charge in [0, 0.05) is 11.3 Å². The van der Waals surface area contributed by atoms with E-state index in [4.69, 9.17) is 10.6 Å². The van der Waals surface area contributed by atoms with E-state index in [0.717, 1.165) is 0 Å². The molecule has 6 heteroatoms. The van der Waals surface area contributed by atoms with Crippen LogP contribution < -0.4 is 0 Å². The highest BCUT2D eigenvalue weighted by molar-refractivity contribution is 5.78. The minimum absolute atomic E-state index is 0.0642. The first-order chi connectivity index (χ1) is 5.57. The Morgan fingerprint density at radius 1 is 1.67 bits per heavy atom. The predicted octanol–water partition coefficient (Wildman–Crippen LogP) is 1.12. The zero-order valence-corrected chi connectivity index (χ0v) is 6.60. The Labute approximate surface area is 68.8 Å². The Hall–Kier alpha value is -1.55. The summed E-state index contributed by atoms with van der Waals surface area (Å²) in [5.41, 5.74) is 7.96. The van der Waals surface area contributed by atoms with Crippen LogP contribution in [0.15, 0.2) is 5.11 Å². The minimum Gasteiger partial charge on any atom is -0.481 e. The molecule has 0 rings (SSSR count). The number of carboxylic acid groups (broad SMARTS) is 1. The molecule has 0 spiro atoms. The minimum atomic E-state index is -1.20. The van der Waals surface area contributed by atoms with Gasteiger partial charge in [0.25, 0.3) is 0 Å². The van der Waals surface area contributed by atoms with Gasteiger partial charge < -0.3 is 9.90 Å². The highest BCUT2D eigenvalue weighted by Crippen LogP contribution is 2.03. The molecular formula is C6H9N3O3. The summed E-state index contributed by atoms with van der Waals surface area (Å²) in [6.45, 7) is 1.36. The molecule has 0 aromatic carbocycles. The number of nitrogens with zero attached hydrogens (tertiary/aromatic N) is 3. The van der Waals surface area contributed by atoms with Crippen molar-refractivity contribution >= 4 is 11.8 Å². The number of ketones is 1. The first-order valence-electron chi connectivity index (χ1n) is 3.34. The summed E-state index contributed by atoms with van der Waals surface area (Å²) in [6, 6.07) is -1.13. The monoisotopic (exact) mass is 171 g/mol. The fourth-order valence-electron chi connectivity index (χ4n) is 0.633. The van der Waals surface area contributed by atoms with Crippen LogP contribution in [0.2, 0.25) is 0 Å². The van der Waals surface area contributed by atoms with Crippen LogP contribution in [0, 0.1) is 0 Å². The normalized spacial score (nSPS) is 11.4. The van der Waals surface area contributed by atoms with Crippen LogP contribution in [-0.4, -0.2) is 22.9 Å². The average Bonchev–Trinajstić information content (AvgIpc) is 1.96. The molecule has 0 aliphatic rings. The first-order valence-corrected chi connectivity index (χ1v) is 3.34. The van der Waals surface area contributed by atoms with Crippen molar-refractivity contribution in [1.82, 2.24) is 0 Å². The lowest BCUT2D eigenvalue weighted by atomic mass is 10.1. The summed E-state index contributed by atoms with van der Waals surface area (Å²) < 4.78 is 0. The molecule has 1 atom stereocenters. The number of azide groups is 1. The van der Waals surface area contributed by atoms with Gasteiger partial charge in [-0.3, -0.25) is 4.79 Å². The van der Waals surface area contributed by atoms with Crippen LogP contribution in [0.5, 0.6) is 0 Å². The van der Waals surface area contributed by atoms with E-state index in [0.29, 0.717) is 0 Å². The summed E-state index contributed by atoms with van der Waals surface area (Å²) in [4.78, 5) is 23.1. The van der Waals surface area contributed by atoms with Crippen molar-refractivity contribution in [2.45, 2.75) is 25.8 Å². The highest BCUT2D eigenvalue weighted by atomic mass is 16.4. The van der Waals surface area contributed by atoms with Gasteiger partial charge in [-0.25, -0.2) is 0 Å². The van der Waals surface area contributed by atoms with E-state index in [9.17, 15) is 9.59 Å². The molecule has 0 aromatic heterocycles. The predicted molar refractivity (Wildman–Crippen MR) is 40.5 cm³/mol. The van der Waals surface area contributed by atoms with Gasteiger partial charge >= 0.3 is 5.97 Å². The Morgan fingerprint density at radius 2 is 2.25 bits per heavy atom. The van der Waals surface area contributed by atoms with Gasteiger partial charge in [-0.2, -0.15) is 0 Å². The molecule has 0 aliphatic carbocycles. The lowest BCUT2D eigenvalue weighted by molar-refractivity contribution is -0.138. The fraction of sp³-hybridized carbons (Fsp3) is 0.667. The maximum absolute atomic E-state index is 10.4. The first kappa shape index (κ1) is 10.4. The largest absolute Gasteiger partial charge is 0.481 e. The van der Waals surface area contributed by atoms with Gasteiger partial charge in [-0.05, 0) is 18.9 Å². The molecular weight excluding hydrogens is 162 g/mol. The molecule has 0 bridgehead atoms. The molecule has 0 saturated carbocycles. The lowest BCUT2D eigenvalue weighted by Crippen LogP contribution is -2.17. The summed E-state index contributed by atoms with van der Waals surface area (Å²) in [5.74, 6) is -1.32. The Kier molecular flexibility index (Phi) is 4.48. The summed E-state index contributed by atoms with van der Waals surface area (Å²) >= 11 is 0. The van der Waals surface area contributed by atoms with Crippen molar-refractivity contribution in [3.8, 4) is 0 Å². The number of carbonyl (C=O) groups is 2. The van der Waals surface area contributed by atoms with E-state index in [-0.39, 0.29) is 18.6 Å². The van der Waals surface area contributed by atoms with Crippen LogP contribution in [-0.2, 0) is 9.59 Å². The smallest absolute Gasteiger partial charge is 0.312 e. The van der Waals surface area contributed by atoms with Crippen LogP contribution in [0.1, 0.15) is 19.8 Å². The standard InChI is InChI=1S/C6H9N3O3/c1-4(10)2-3-5(6(11)12)8-9-7/h5H,2-3H2,1H3,(H,11,12). The molecule has 0 aliphatic heterocycles. The van der Waals surface area contributed by atoms with Gasteiger partial charge in [0.05, 0.1) is 0 Å². The quantitative estimate of drug-likeness (QED) is 0.380. The molecule has 6 nitrogen and oxygen atoms in total. The van der Waals surface area contributed by atoms with Crippen molar-refractivity contribution in [2.75, 3.05) is 0 Å². The number of rotatable bonds is 5. The van der Waals surface area contributed by atoms with Crippen molar-refractivity contribution in [3.63, 3.8) is 0 Å². The third-order valence-corrected chi connectivity index (χ3v) is 1.25. The van der Waals surface area contributed by atoms with Crippen LogP contribution >= 0.6 is 0 Å². The molecule has 1 unspecified atom stereocenters. The summed E-state index contributed by atoms with van der Waals surface area (Å²) in [7, 11) is 0. The van der Waals surface area contributed by atoms with Crippen LogP contribution in [0.3, 0.4) is 0 Å². The molecule has 0 fully saturated rings. The second kappa shape index (κ2) is 5.15. The zero-order valence-electron chi connectivity index (χ0n) is 6.60. The van der Waals surface area contributed by atoms with Crippen molar-refractivity contribution in [1.29, 1.82) is 0 Å². The maximum atomic E-state index is 10.4. The van der Waals surface area contributed by atoms with Gasteiger partial charge in [0.15, 0.2) is 0 Å². The van der Waals surface area contributed by atoms with E-state index in [1.807, 2.05) is 0 Å². The van der Waals surface area contributed by atoms with E-state index in [1.54, 1.807) is 0 Å². The topological polar surface area (TPSA) is 103 Å². The zero-order chi connectivity index (χ0) is 9.56. The van der Waals surface area contributed by atoms with Gasteiger partial charge in [-0.15, -0.1) is 0 Å². The summed E-state index contributed by atoms with van der Waals surface area (Å²) in [5, 5.41) is 11.5. The number of carboxylic acids is 1. The fourth-order valence-corrected chi connectivity index (χ4v) is 0.633. The molecule has 12 heavy (non-hydrogen) atoms. The second-order valence-electron chi connectivity index (χ2n) is 2.30. The maximum Gasteiger partial charge on any atom is 0.312 e. The Morgan fingerprint density at radius 3 is 2.58 bits per heavy atom. The Balaban J connectivity index is 4.05. The molecule has 0 heterocycles. The highest BCUT2D eigenvalue weighted by Gasteiger charge is 2.15. The lowest BCUT2D eigenvalue weighted by Gasteiger charge is -2.01. The third kappa shape index (κ3) is 4.29. The molecule has 66 valence electrons. The van der Waals surface area contributed by atoms with E-state index in [1.165, 1.54) is 6.92 Å². The second-order valence-corrected chi connectivity index (χ2v) is 2.30. The number of carbonyl (C=O) groups excluding carboxylic acids is 1. The van der Waals surface area contributed by atoms with Crippen LogP contribution in [0.4, 0.5) is 0 Å². The van der Waals surface area contributed by atoms with E-state index in [2.05, 4.69) is 10.0 Å². The molecule has 1 N–H and O–H groups in total. The van der Waals surface area contributed by atoms with Gasteiger partial charge in [0.2, 0.25) is 0 Å². The van der Waals surface area contributed by atoms with Gasteiger partial charge in [0.1, 0.15) is 11.8 Å².